The van der Waals surface area contributed by atoms with Crippen molar-refractivity contribution in [1.29, 1.82) is 0 Å². The molecule has 1 amide bonds. The summed E-state index contributed by atoms with van der Waals surface area (Å²) in [6, 6.07) is 4.26. The summed E-state index contributed by atoms with van der Waals surface area (Å²) < 4.78 is 0. The van der Waals surface area contributed by atoms with E-state index >= 15 is 0 Å². The molecule has 0 fully saturated rings. The van der Waals surface area contributed by atoms with Crippen LogP contribution in [0.15, 0.2) is 18.2 Å². The lowest BCUT2D eigenvalue weighted by atomic mass is 10.1. The SMILES string of the molecule is CCCCc1nnc(NC(=O)c2ccc(NC)c([N+](=O)[O-])c2)s1. The molecular weight excluding hydrogens is 318 g/mol. The summed E-state index contributed by atoms with van der Waals surface area (Å²) >= 11 is 1.31. The highest BCUT2D eigenvalue weighted by Gasteiger charge is 2.17. The molecule has 2 aromatic rings. The molecular formula is C14H17N5O3S. The summed E-state index contributed by atoms with van der Waals surface area (Å²) in [4.78, 5) is 22.7. The molecule has 1 aromatic heterocycles. The first-order valence-corrected chi connectivity index (χ1v) is 7.96. The number of nitrogens with zero attached hydrogens (tertiary/aromatic N) is 3. The fourth-order valence-electron chi connectivity index (χ4n) is 1.94. The minimum atomic E-state index is -0.531. The molecule has 0 unspecified atom stereocenters. The van der Waals surface area contributed by atoms with Gasteiger partial charge < -0.3 is 5.32 Å². The Morgan fingerprint density at radius 3 is 2.83 bits per heavy atom. The number of anilines is 2. The van der Waals surface area contributed by atoms with Crippen LogP contribution in [0.3, 0.4) is 0 Å². The quantitative estimate of drug-likeness (QED) is 0.594. The zero-order valence-corrected chi connectivity index (χ0v) is 13.6. The zero-order valence-electron chi connectivity index (χ0n) is 12.8. The maximum Gasteiger partial charge on any atom is 0.293 e. The molecule has 0 radical (unpaired) electrons. The minimum absolute atomic E-state index is 0.152. The van der Waals surface area contributed by atoms with Gasteiger partial charge in [0.25, 0.3) is 11.6 Å². The second-order valence-corrected chi connectivity index (χ2v) is 5.86. The molecule has 0 saturated heterocycles. The number of unbranched alkanes of at least 4 members (excludes halogenated alkanes) is 1. The van der Waals surface area contributed by atoms with Crippen LogP contribution in [0, 0.1) is 10.1 Å². The van der Waals surface area contributed by atoms with E-state index in [1.807, 2.05) is 0 Å². The van der Waals surface area contributed by atoms with Crippen molar-refractivity contribution in [2.24, 2.45) is 0 Å². The zero-order chi connectivity index (χ0) is 16.8. The highest BCUT2D eigenvalue weighted by Crippen LogP contribution is 2.26. The van der Waals surface area contributed by atoms with Crippen molar-refractivity contribution in [3.05, 3.63) is 38.9 Å². The molecule has 1 heterocycles. The molecule has 1 aromatic carbocycles. The van der Waals surface area contributed by atoms with Gasteiger partial charge in [-0.2, -0.15) is 0 Å². The molecule has 2 N–H and O–H groups in total. The monoisotopic (exact) mass is 335 g/mol. The predicted octanol–water partition coefficient (Wildman–Crippen LogP) is 3.08. The number of nitro benzene ring substituents is 1. The number of nitrogens with one attached hydrogen (secondary N) is 2. The number of amides is 1. The van der Waals surface area contributed by atoms with Gasteiger partial charge in [-0.15, -0.1) is 10.2 Å². The van der Waals surface area contributed by atoms with Crippen molar-refractivity contribution in [3.8, 4) is 0 Å². The van der Waals surface area contributed by atoms with Crippen molar-refractivity contribution >= 4 is 33.8 Å². The van der Waals surface area contributed by atoms with Crippen molar-refractivity contribution < 1.29 is 9.72 Å². The Bertz CT molecular complexity index is 716. The van der Waals surface area contributed by atoms with E-state index in [0.29, 0.717) is 10.8 Å². The van der Waals surface area contributed by atoms with E-state index in [1.165, 1.54) is 29.5 Å². The lowest BCUT2D eigenvalue weighted by Crippen LogP contribution is -2.12. The Balaban J connectivity index is 2.13. The second-order valence-electron chi connectivity index (χ2n) is 4.80. The number of rotatable bonds is 7. The van der Waals surface area contributed by atoms with Gasteiger partial charge in [0.1, 0.15) is 10.7 Å². The normalized spacial score (nSPS) is 10.3. The number of benzene rings is 1. The Labute approximate surface area is 137 Å². The first kappa shape index (κ1) is 16.8. The molecule has 9 heteroatoms. The Morgan fingerprint density at radius 2 is 2.17 bits per heavy atom. The molecule has 8 nitrogen and oxygen atoms in total. The van der Waals surface area contributed by atoms with Crippen LogP contribution in [0.1, 0.15) is 35.1 Å². The Morgan fingerprint density at radius 1 is 1.39 bits per heavy atom. The number of carbonyl (C=O) groups excluding carboxylic acids is 1. The number of hydrogen-bond donors (Lipinski definition) is 2. The number of hydrogen-bond acceptors (Lipinski definition) is 7. The van der Waals surface area contributed by atoms with Crippen LogP contribution in [0.2, 0.25) is 0 Å². The third-order valence-corrected chi connectivity index (χ3v) is 4.06. The van der Waals surface area contributed by atoms with E-state index in [4.69, 9.17) is 0 Å². The summed E-state index contributed by atoms with van der Waals surface area (Å²) in [6.45, 7) is 2.09. The molecule has 0 aliphatic heterocycles. The molecule has 0 saturated carbocycles. The summed E-state index contributed by atoms with van der Waals surface area (Å²) in [6.07, 6.45) is 2.90. The smallest absolute Gasteiger partial charge is 0.293 e. The minimum Gasteiger partial charge on any atom is -0.383 e. The second kappa shape index (κ2) is 7.63. The van der Waals surface area contributed by atoms with Crippen LogP contribution in [0.5, 0.6) is 0 Å². The topological polar surface area (TPSA) is 110 Å². The van der Waals surface area contributed by atoms with Crippen molar-refractivity contribution in [3.63, 3.8) is 0 Å². The standard InChI is InChI=1S/C14H17N5O3S/c1-3-4-5-12-17-18-14(23-12)16-13(20)9-6-7-10(15-2)11(8-9)19(21)22/h6-8,15H,3-5H2,1-2H3,(H,16,18,20). The summed E-state index contributed by atoms with van der Waals surface area (Å²) in [5.41, 5.74) is 0.395. The van der Waals surface area contributed by atoms with E-state index in [2.05, 4.69) is 27.8 Å². The predicted molar refractivity (Wildman–Crippen MR) is 89.1 cm³/mol. The lowest BCUT2D eigenvalue weighted by Gasteiger charge is -2.05. The Hall–Kier alpha value is -2.55. The van der Waals surface area contributed by atoms with Gasteiger partial charge in [-0.05, 0) is 18.6 Å². The number of aromatic nitrogens is 2. The van der Waals surface area contributed by atoms with Crippen LogP contribution in [0.4, 0.5) is 16.5 Å². The van der Waals surface area contributed by atoms with E-state index in [1.54, 1.807) is 7.05 Å². The van der Waals surface area contributed by atoms with Gasteiger partial charge in [-0.25, -0.2) is 0 Å². The van der Waals surface area contributed by atoms with Crippen LogP contribution in [0.25, 0.3) is 0 Å². The van der Waals surface area contributed by atoms with Gasteiger partial charge in [0.2, 0.25) is 5.13 Å². The lowest BCUT2D eigenvalue weighted by molar-refractivity contribution is -0.384. The molecule has 0 aliphatic carbocycles. The molecule has 2 rings (SSSR count). The third-order valence-electron chi connectivity index (χ3n) is 3.16. The fourth-order valence-corrected chi connectivity index (χ4v) is 2.71. The first-order valence-electron chi connectivity index (χ1n) is 7.15. The maximum atomic E-state index is 12.2. The van der Waals surface area contributed by atoms with E-state index in [-0.39, 0.29) is 11.3 Å². The summed E-state index contributed by atoms with van der Waals surface area (Å²) in [7, 11) is 1.58. The summed E-state index contributed by atoms with van der Waals surface area (Å²) in [5, 5.41) is 25.6. The fraction of sp³-hybridized carbons (Fsp3) is 0.357. The molecule has 0 bridgehead atoms. The van der Waals surface area contributed by atoms with E-state index in [9.17, 15) is 14.9 Å². The van der Waals surface area contributed by atoms with Crippen LogP contribution >= 0.6 is 11.3 Å². The average molecular weight is 335 g/mol. The third kappa shape index (κ3) is 4.22. The van der Waals surface area contributed by atoms with Crippen molar-refractivity contribution in [2.45, 2.75) is 26.2 Å². The first-order chi connectivity index (χ1) is 11.0. The molecule has 0 spiro atoms. The van der Waals surface area contributed by atoms with Gasteiger partial charge in [-0.3, -0.25) is 20.2 Å². The van der Waals surface area contributed by atoms with Crippen LogP contribution in [-0.2, 0) is 6.42 Å². The average Bonchev–Trinajstić information content (AvgIpc) is 2.99. The van der Waals surface area contributed by atoms with Gasteiger partial charge in [0, 0.05) is 25.1 Å². The van der Waals surface area contributed by atoms with Crippen LogP contribution < -0.4 is 10.6 Å². The highest BCUT2D eigenvalue weighted by molar-refractivity contribution is 7.15. The molecule has 23 heavy (non-hydrogen) atoms. The van der Waals surface area contributed by atoms with E-state index < -0.39 is 10.8 Å². The number of nitro groups is 1. The molecule has 0 aliphatic rings. The van der Waals surface area contributed by atoms with Gasteiger partial charge in [0.15, 0.2) is 0 Å². The number of aryl methyl sites for hydroxylation is 1. The Kier molecular flexibility index (Phi) is 5.58. The maximum absolute atomic E-state index is 12.2. The van der Waals surface area contributed by atoms with E-state index in [0.717, 1.165) is 24.3 Å². The van der Waals surface area contributed by atoms with Gasteiger partial charge in [0.05, 0.1) is 4.92 Å². The van der Waals surface area contributed by atoms with Crippen LogP contribution in [-0.4, -0.2) is 28.1 Å². The molecule has 122 valence electrons. The largest absolute Gasteiger partial charge is 0.383 e. The van der Waals surface area contributed by atoms with Gasteiger partial charge in [-0.1, -0.05) is 24.7 Å². The highest BCUT2D eigenvalue weighted by atomic mass is 32.1. The van der Waals surface area contributed by atoms with Gasteiger partial charge >= 0.3 is 0 Å². The molecule has 0 atom stereocenters. The number of carbonyl (C=O) groups is 1. The van der Waals surface area contributed by atoms with Crippen molar-refractivity contribution in [1.82, 2.24) is 10.2 Å². The summed E-state index contributed by atoms with van der Waals surface area (Å²) in [5.74, 6) is -0.450. The van der Waals surface area contributed by atoms with Crippen molar-refractivity contribution in [2.75, 3.05) is 17.7 Å².